The lowest BCUT2D eigenvalue weighted by Crippen LogP contribution is -2.14. The van der Waals surface area contributed by atoms with Gasteiger partial charge < -0.3 is 9.13 Å². The van der Waals surface area contributed by atoms with Crippen LogP contribution in [0.5, 0.6) is 0 Å². The number of hydrogen-bond acceptors (Lipinski definition) is 4. The molecule has 0 atom stereocenters. The van der Waals surface area contributed by atoms with Crippen molar-refractivity contribution in [1.82, 2.24) is 9.13 Å². The van der Waals surface area contributed by atoms with E-state index >= 15 is 0 Å². The Hall–Kier alpha value is -5.98. The topological polar surface area (TPSA) is 91.6 Å². The number of fused-ring (bicyclic) bond motifs is 4. The van der Waals surface area contributed by atoms with Crippen molar-refractivity contribution in [3.8, 4) is 23.5 Å². The van der Waals surface area contributed by atoms with Gasteiger partial charge in [0, 0.05) is 32.9 Å². The summed E-state index contributed by atoms with van der Waals surface area (Å²) < 4.78 is 3.93. The number of para-hydroxylation sites is 2. The third-order valence-corrected chi connectivity index (χ3v) is 7.37. The first-order valence-corrected chi connectivity index (χ1v) is 12.6. The maximum absolute atomic E-state index is 13.9. The molecule has 0 unspecified atom stereocenters. The molecule has 0 aliphatic rings. The van der Waals surface area contributed by atoms with Crippen LogP contribution in [0.2, 0.25) is 0 Å². The predicted molar refractivity (Wildman–Crippen MR) is 157 cm³/mol. The van der Waals surface area contributed by atoms with Crippen LogP contribution < -0.4 is 10.9 Å². The van der Waals surface area contributed by atoms with Gasteiger partial charge in [0.2, 0.25) is 0 Å². The average Bonchev–Trinajstić information content (AvgIpc) is 3.01. The summed E-state index contributed by atoms with van der Waals surface area (Å²) in [5, 5.41) is 20.7. The van der Waals surface area contributed by atoms with Gasteiger partial charge >= 0.3 is 0 Å². The molecule has 0 aliphatic heterocycles. The Morgan fingerprint density at radius 2 is 0.825 bits per heavy atom. The fourth-order valence-corrected chi connectivity index (χ4v) is 5.51. The maximum atomic E-state index is 13.9. The highest BCUT2D eigenvalue weighted by atomic mass is 16.1. The minimum absolute atomic E-state index is 0.135. The molecule has 0 bridgehead atoms. The van der Waals surface area contributed by atoms with Crippen molar-refractivity contribution in [2.24, 2.45) is 0 Å². The molecule has 0 amide bonds. The number of hydrogen-bond donors (Lipinski definition) is 0. The van der Waals surface area contributed by atoms with Crippen LogP contribution in [0, 0.1) is 22.7 Å². The van der Waals surface area contributed by atoms with Gasteiger partial charge in [-0.2, -0.15) is 10.5 Å². The van der Waals surface area contributed by atoms with Gasteiger partial charge in [0.25, 0.3) is 0 Å². The summed E-state index contributed by atoms with van der Waals surface area (Å²) in [7, 11) is 0. The minimum Gasteiger partial charge on any atom is -0.309 e. The monoisotopic (exact) mass is 514 g/mol. The van der Waals surface area contributed by atoms with Crippen LogP contribution >= 0.6 is 0 Å². The van der Waals surface area contributed by atoms with Crippen molar-refractivity contribution in [3.05, 3.63) is 141 Å². The van der Waals surface area contributed by atoms with E-state index in [-0.39, 0.29) is 10.9 Å². The quantitative estimate of drug-likeness (QED) is 0.252. The zero-order valence-corrected chi connectivity index (χ0v) is 21.0. The van der Waals surface area contributed by atoms with Gasteiger partial charge in [-0.1, -0.05) is 24.3 Å². The number of nitrogens with zero attached hydrogens (tertiary/aromatic N) is 4. The Morgan fingerprint density at radius 3 is 1.20 bits per heavy atom. The molecule has 6 heteroatoms. The molecule has 7 rings (SSSR count). The second kappa shape index (κ2) is 8.80. The normalized spacial score (nSPS) is 11.2. The van der Waals surface area contributed by atoms with E-state index in [2.05, 4.69) is 12.1 Å². The van der Waals surface area contributed by atoms with Crippen molar-refractivity contribution in [2.75, 3.05) is 0 Å². The standard InChI is InChI=1S/C34H18N4O2/c35-19-21-9-13-23(14-10-21)37-29-7-3-1-5-25(29)33(39)27-17-32-28(18-31(27)37)34(40)26-6-2-4-8-30(26)38(32)24-15-11-22(20-36)12-16-24/h1-18H. The van der Waals surface area contributed by atoms with Crippen molar-refractivity contribution in [2.45, 2.75) is 0 Å². The Kier molecular flexibility index (Phi) is 5.10. The van der Waals surface area contributed by atoms with Crippen LogP contribution in [0.15, 0.2) is 119 Å². The maximum Gasteiger partial charge on any atom is 0.197 e. The summed E-state index contributed by atoms with van der Waals surface area (Å²) >= 11 is 0. The second-order valence-corrected chi connectivity index (χ2v) is 9.57. The molecule has 0 fully saturated rings. The predicted octanol–water partition coefficient (Wildman–Crippen LogP) is 6.34. The summed E-state index contributed by atoms with van der Waals surface area (Å²) in [6, 6.07) is 37.0. The Balaban J connectivity index is 1.70. The number of rotatable bonds is 2. The van der Waals surface area contributed by atoms with E-state index in [1.807, 2.05) is 69.8 Å². The van der Waals surface area contributed by atoms with E-state index in [0.717, 1.165) is 11.4 Å². The summed E-state index contributed by atoms with van der Waals surface area (Å²) in [4.78, 5) is 27.8. The van der Waals surface area contributed by atoms with Crippen LogP contribution in [-0.4, -0.2) is 9.13 Å². The molecule has 7 aromatic rings. The molecule has 0 saturated heterocycles. The van der Waals surface area contributed by atoms with Crippen molar-refractivity contribution in [3.63, 3.8) is 0 Å². The Morgan fingerprint density at radius 1 is 0.450 bits per heavy atom. The second-order valence-electron chi connectivity index (χ2n) is 9.57. The first kappa shape index (κ1) is 23.2. The molecule has 0 aliphatic carbocycles. The summed E-state index contributed by atoms with van der Waals surface area (Å²) in [6.07, 6.45) is 0. The van der Waals surface area contributed by atoms with Crippen molar-refractivity contribution in [1.29, 1.82) is 10.5 Å². The van der Waals surface area contributed by atoms with E-state index in [1.54, 1.807) is 48.5 Å². The van der Waals surface area contributed by atoms with Gasteiger partial charge in [0.15, 0.2) is 10.9 Å². The summed E-state index contributed by atoms with van der Waals surface area (Å²) in [5.74, 6) is 0. The molecule has 186 valence electrons. The van der Waals surface area contributed by atoms with Gasteiger partial charge in [-0.15, -0.1) is 0 Å². The number of pyridine rings is 2. The Labute approximate surface area is 227 Å². The summed E-state index contributed by atoms with van der Waals surface area (Å²) in [5.41, 5.74) is 4.93. The van der Waals surface area contributed by atoms with E-state index in [1.165, 1.54) is 0 Å². The lowest BCUT2D eigenvalue weighted by Gasteiger charge is -2.19. The van der Waals surface area contributed by atoms with E-state index in [0.29, 0.717) is 54.7 Å². The fraction of sp³-hybridized carbons (Fsp3) is 0. The molecular formula is C34H18N4O2. The third-order valence-electron chi connectivity index (χ3n) is 7.37. The molecular weight excluding hydrogens is 496 g/mol. The highest BCUT2D eigenvalue weighted by Gasteiger charge is 2.18. The zero-order valence-electron chi connectivity index (χ0n) is 21.0. The molecule has 0 N–H and O–H groups in total. The SMILES string of the molecule is N#Cc1ccc(-n2c3ccccc3c(=O)c3cc4c(cc32)c(=O)c2ccccc2n4-c2ccc(C#N)cc2)cc1. The molecule has 6 nitrogen and oxygen atoms in total. The average molecular weight is 515 g/mol. The van der Waals surface area contributed by atoms with Crippen LogP contribution in [0.1, 0.15) is 11.1 Å². The van der Waals surface area contributed by atoms with Crippen LogP contribution in [0.4, 0.5) is 0 Å². The lowest BCUT2D eigenvalue weighted by atomic mass is 10.0. The largest absolute Gasteiger partial charge is 0.309 e. The highest BCUT2D eigenvalue weighted by molar-refractivity contribution is 6.05. The van der Waals surface area contributed by atoms with Gasteiger partial charge in [0.1, 0.15) is 0 Å². The number of benzene rings is 5. The Bertz CT molecular complexity index is 2200. The summed E-state index contributed by atoms with van der Waals surface area (Å²) in [6.45, 7) is 0. The highest BCUT2D eigenvalue weighted by Crippen LogP contribution is 2.30. The van der Waals surface area contributed by atoms with E-state index < -0.39 is 0 Å². The fourth-order valence-electron chi connectivity index (χ4n) is 5.51. The molecule has 0 spiro atoms. The van der Waals surface area contributed by atoms with Crippen LogP contribution in [0.25, 0.3) is 55.0 Å². The van der Waals surface area contributed by atoms with E-state index in [9.17, 15) is 20.1 Å². The van der Waals surface area contributed by atoms with Crippen LogP contribution in [0.3, 0.4) is 0 Å². The van der Waals surface area contributed by atoms with Crippen molar-refractivity contribution >= 4 is 43.6 Å². The minimum atomic E-state index is -0.135. The molecule has 0 saturated carbocycles. The number of aromatic nitrogens is 2. The van der Waals surface area contributed by atoms with Gasteiger partial charge in [-0.3, -0.25) is 9.59 Å². The number of nitriles is 2. The molecule has 2 aromatic heterocycles. The smallest absolute Gasteiger partial charge is 0.197 e. The lowest BCUT2D eigenvalue weighted by molar-refractivity contribution is 1.15. The van der Waals surface area contributed by atoms with Gasteiger partial charge in [-0.25, -0.2) is 0 Å². The molecule has 5 aromatic carbocycles. The zero-order chi connectivity index (χ0) is 27.4. The van der Waals surface area contributed by atoms with E-state index in [4.69, 9.17) is 0 Å². The molecule has 0 radical (unpaired) electrons. The van der Waals surface area contributed by atoms with Crippen LogP contribution in [-0.2, 0) is 0 Å². The first-order chi connectivity index (χ1) is 19.6. The van der Waals surface area contributed by atoms with Gasteiger partial charge in [0.05, 0.1) is 45.3 Å². The van der Waals surface area contributed by atoms with Gasteiger partial charge in [-0.05, 0) is 84.9 Å². The third kappa shape index (κ3) is 3.34. The van der Waals surface area contributed by atoms with Crippen molar-refractivity contribution < 1.29 is 0 Å². The first-order valence-electron chi connectivity index (χ1n) is 12.6. The molecule has 2 heterocycles. The molecule has 40 heavy (non-hydrogen) atoms.